The number of nitrogens with zero attached hydrogens (tertiary/aromatic N) is 1. The normalized spacial score (nSPS) is 22.2. The van der Waals surface area contributed by atoms with Crippen molar-refractivity contribution >= 4 is 5.97 Å². The van der Waals surface area contributed by atoms with Crippen molar-refractivity contribution in [1.29, 1.82) is 0 Å². The fourth-order valence-corrected chi connectivity index (χ4v) is 1.73. The standard InChI is InChI=1S/C10H18N2O2/c1-2-6-12-7-3-4-9(12)10(13)14-8-5-11/h2,9H,1,3-8,11H2. The Morgan fingerprint density at radius 2 is 2.50 bits per heavy atom. The lowest BCUT2D eigenvalue weighted by atomic mass is 10.2. The fraction of sp³-hybridized carbons (Fsp3) is 0.700. The van der Waals surface area contributed by atoms with Crippen molar-refractivity contribution in [2.75, 3.05) is 26.2 Å². The third-order valence-corrected chi connectivity index (χ3v) is 2.36. The molecule has 0 saturated carbocycles. The molecule has 4 nitrogen and oxygen atoms in total. The summed E-state index contributed by atoms with van der Waals surface area (Å²) in [5.41, 5.74) is 5.26. The number of rotatable bonds is 5. The van der Waals surface area contributed by atoms with Crippen LogP contribution in [0.25, 0.3) is 0 Å². The number of carbonyl (C=O) groups is 1. The van der Waals surface area contributed by atoms with Gasteiger partial charge in [-0.1, -0.05) is 6.08 Å². The molecule has 80 valence electrons. The highest BCUT2D eigenvalue weighted by atomic mass is 16.5. The molecule has 1 saturated heterocycles. The van der Waals surface area contributed by atoms with Crippen LogP contribution in [0.3, 0.4) is 0 Å². The first-order valence-corrected chi connectivity index (χ1v) is 5.01. The van der Waals surface area contributed by atoms with Crippen molar-refractivity contribution in [3.8, 4) is 0 Å². The zero-order valence-corrected chi connectivity index (χ0v) is 8.45. The van der Waals surface area contributed by atoms with E-state index < -0.39 is 0 Å². The molecule has 0 bridgehead atoms. The van der Waals surface area contributed by atoms with Gasteiger partial charge in [0.25, 0.3) is 0 Å². The highest BCUT2D eigenvalue weighted by Gasteiger charge is 2.30. The molecule has 0 aliphatic carbocycles. The molecule has 1 unspecified atom stereocenters. The van der Waals surface area contributed by atoms with Crippen LogP contribution in [0.2, 0.25) is 0 Å². The Kier molecular flexibility index (Phi) is 4.62. The minimum Gasteiger partial charge on any atom is -0.463 e. The first-order chi connectivity index (χ1) is 6.79. The number of carbonyl (C=O) groups excluding carboxylic acids is 1. The first-order valence-electron chi connectivity index (χ1n) is 5.01. The largest absolute Gasteiger partial charge is 0.463 e. The maximum atomic E-state index is 11.5. The number of esters is 1. The zero-order chi connectivity index (χ0) is 10.4. The third-order valence-electron chi connectivity index (χ3n) is 2.36. The molecule has 0 spiro atoms. The number of likely N-dealkylation sites (tertiary alicyclic amines) is 1. The van der Waals surface area contributed by atoms with Crippen LogP contribution in [0.5, 0.6) is 0 Å². The summed E-state index contributed by atoms with van der Waals surface area (Å²) in [6, 6.07) is -0.0838. The van der Waals surface area contributed by atoms with Gasteiger partial charge in [-0.15, -0.1) is 6.58 Å². The highest BCUT2D eigenvalue weighted by Crippen LogP contribution is 2.17. The Hall–Kier alpha value is -0.870. The summed E-state index contributed by atoms with van der Waals surface area (Å²) < 4.78 is 5.01. The van der Waals surface area contributed by atoms with E-state index in [0.717, 1.165) is 25.9 Å². The van der Waals surface area contributed by atoms with E-state index in [1.165, 1.54) is 0 Å². The van der Waals surface area contributed by atoms with Gasteiger partial charge in [-0.05, 0) is 19.4 Å². The molecule has 0 aromatic heterocycles. The molecule has 1 fully saturated rings. The van der Waals surface area contributed by atoms with Gasteiger partial charge in [0.15, 0.2) is 0 Å². The fourth-order valence-electron chi connectivity index (χ4n) is 1.73. The van der Waals surface area contributed by atoms with Gasteiger partial charge in [0.05, 0.1) is 0 Å². The SMILES string of the molecule is C=CCN1CCCC1C(=O)OCCN. The van der Waals surface area contributed by atoms with Crippen LogP contribution < -0.4 is 5.73 Å². The van der Waals surface area contributed by atoms with E-state index in [-0.39, 0.29) is 12.0 Å². The summed E-state index contributed by atoms with van der Waals surface area (Å²) in [5, 5.41) is 0. The Balaban J connectivity index is 2.40. The van der Waals surface area contributed by atoms with Crippen LogP contribution in [0.4, 0.5) is 0 Å². The summed E-state index contributed by atoms with van der Waals surface area (Å²) in [6.45, 7) is 6.08. The lowest BCUT2D eigenvalue weighted by molar-refractivity contribution is -0.148. The minimum atomic E-state index is -0.144. The molecule has 1 aliphatic rings. The molecular formula is C10H18N2O2. The molecule has 2 N–H and O–H groups in total. The van der Waals surface area contributed by atoms with Crippen molar-refractivity contribution < 1.29 is 9.53 Å². The van der Waals surface area contributed by atoms with Crippen LogP contribution >= 0.6 is 0 Å². The number of hydrogen-bond acceptors (Lipinski definition) is 4. The van der Waals surface area contributed by atoms with Crippen molar-refractivity contribution in [2.45, 2.75) is 18.9 Å². The number of nitrogens with two attached hydrogens (primary N) is 1. The molecule has 1 atom stereocenters. The molecule has 1 rings (SSSR count). The van der Waals surface area contributed by atoms with Crippen molar-refractivity contribution in [2.24, 2.45) is 5.73 Å². The first kappa shape index (κ1) is 11.2. The number of ether oxygens (including phenoxy) is 1. The van der Waals surface area contributed by atoms with Gasteiger partial charge in [0.2, 0.25) is 0 Å². The van der Waals surface area contributed by atoms with E-state index in [4.69, 9.17) is 10.5 Å². The topological polar surface area (TPSA) is 55.6 Å². The van der Waals surface area contributed by atoms with Gasteiger partial charge in [0, 0.05) is 13.1 Å². The monoisotopic (exact) mass is 198 g/mol. The average molecular weight is 198 g/mol. The molecule has 14 heavy (non-hydrogen) atoms. The average Bonchev–Trinajstić information content (AvgIpc) is 2.63. The van der Waals surface area contributed by atoms with Crippen molar-refractivity contribution in [1.82, 2.24) is 4.90 Å². The van der Waals surface area contributed by atoms with Gasteiger partial charge < -0.3 is 10.5 Å². The Labute approximate surface area is 84.7 Å². The second kappa shape index (κ2) is 5.78. The van der Waals surface area contributed by atoms with E-state index in [2.05, 4.69) is 11.5 Å². The van der Waals surface area contributed by atoms with Crippen molar-refractivity contribution in [3.05, 3.63) is 12.7 Å². The van der Waals surface area contributed by atoms with Crippen LogP contribution in [-0.2, 0) is 9.53 Å². The Morgan fingerprint density at radius 3 is 3.14 bits per heavy atom. The van der Waals surface area contributed by atoms with Gasteiger partial charge in [-0.25, -0.2) is 0 Å². The summed E-state index contributed by atoms with van der Waals surface area (Å²) >= 11 is 0. The maximum Gasteiger partial charge on any atom is 0.323 e. The quantitative estimate of drug-likeness (QED) is 0.504. The predicted octanol–water partition coefficient (Wildman–Crippen LogP) is 0.139. The predicted molar refractivity (Wildman–Crippen MR) is 54.8 cm³/mol. The van der Waals surface area contributed by atoms with E-state index in [1.54, 1.807) is 0 Å². The summed E-state index contributed by atoms with van der Waals surface area (Å²) in [5.74, 6) is -0.144. The lowest BCUT2D eigenvalue weighted by Gasteiger charge is -2.20. The second-order valence-corrected chi connectivity index (χ2v) is 3.40. The molecule has 0 amide bonds. The minimum absolute atomic E-state index is 0.0838. The van der Waals surface area contributed by atoms with Gasteiger partial charge in [0.1, 0.15) is 12.6 Å². The Bertz CT molecular complexity index is 206. The van der Waals surface area contributed by atoms with Gasteiger partial charge >= 0.3 is 5.97 Å². The second-order valence-electron chi connectivity index (χ2n) is 3.40. The summed E-state index contributed by atoms with van der Waals surface area (Å²) in [7, 11) is 0. The van der Waals surface area contributed by atoms with E-state index >= 15 is 0 Å². The number of hydrogen-bond donors (Lipinski definition) is 1. The summed E-state index contributed by atoms with van der Waals surface area (Å²) in [6.07, 6.45) is 3.75. The lowest BCUT2D eigenvalue weighted by Crippen LogP contribution is -2.37. The molecule has 0 aromatic carbocycles. The third kappa shape index (κ3) is 2.82. The van der Waals surface area contributed by atoms with Crippen LogP contribution in [0.1, 0.15) is 12.8 Å². The van der Waals surface area contributed by atoms with Crippen LogP contribution in [-0.4, -0.2) is 43.2 Å². The molecule has 0 aromatic rings. The Morgan fingerprint density at radius 1 is 1.71 bits per heavy atom. The maximum absolute atomic E-state index is 11.5. The molecular weight excluding hydrogens is 180 g/mol. The van der Waals surface area contributed by atoms with Crippen LogP contribution in [0.15, 0.2) is 12.7 Å². The summed E-state index contributed by atoms with van der Waals surface area (Å²) in [4.78, 5) is 13.6. The van der Waals surface area contributed by atoms with E-state index in [9.17, 15) is 4.79 Å². The molecule has 1 heterocycles. The van der Waals surface area contributed by atoms with Gasteiger partial charge in [-0.3, -0.25) is 9.69 Å². The molecule has 1 aliphatic heterocycles. The molecule has 0 radical (unpaired) electrons. The van der Waals surface area contributed by atoms with Gasteiger partial charge in [-0.2, -0.15) is 0 Å². The molecule has 4 heteroatoms. The van der Waals surface area contributed by atoms with E-state index in [1.807, 2.05) is 6.08 Å². The van der Waals surface area contributed by atoms with Crippen LogP contribution in [0, 0.1) is 0 Å². The highest BCUT2D eigenvalue weighted by molar-refractivity contribution is 5.76. The van der Waals surface area contributed by atoms with E-state index in [0.29, 0.717) is 13.2 Å². The smallest absolute Gasteiger partial charge is 0.323 e. The zero-order valence-electron chi connectivity index (χ0n) is 8.45. The van der Waals surface area contributed by atoms with Crippen molar-refractivity contribution in [3.63, 3.8) is 0 Å².